The number of aromatic nitrogens is 1. The molecule has 3 N–H and O–H groups in total. The van der Waals surface area contributed by atoms with Gasteiger partial charge >= 0.3 is 0 Å². The maximum atomic E-state index is 11.8. The summed E-state index contributed by atoms with van der Waals surface area (Å²) in [6.45, 7) is 3.55. The van der Waals surface area contributed by atoms with Crippen LogP contribution in [0.3, 0.4) is 0 Å². The summed E-state index contributed by atoms with van der Waals surface area (Å²) in [5.41, 5.74) is 7.37. The molecule has 98 valence electrons. The predicted octanol–water partition coefficient (Wildman–Crippen LogP) is -0.0766. The fourth-order valence-electron chi connectivity index (χ4n) is 1.97. The predicted molar refractivity (Wildman–Crippen MR) is 69.4 cm³/mol. The van der Waals surface area contributed by atoms with E-state index >= 15 is 0 Å². The number of nitrogens with two attached hydrogens (primary N) is 1. The van der Waals surface area contributed by atoms with Gasteiger partial charge in [0.15, 0.2) is 0 Å². The van der Waals surface area contributed by atoms with Crippen LogP contribution in [-0.4, -0.2) is 43.7 Å². The van der Waals surface area contributed by atoms with Gasteiger partial charge < -0.3 is 20.7 Å². The Balaban J connectivity index is 2.27. The minimum atomic E-state index is -0.334. The Hall–Kier alpha value is -1.82. The van der Waals surface area contributed by atoms with Crippen molar-refractivity contribution in [2.75, 3.05) is 37.4 Å². The van der Waals surface area contributed by atoms with E-state index in [1.165, 1.54) is 0 Å². The first kappa shape index (κ1) is 12.6. The summed E-state index contributed by atoms with van der Waals surface area (Å²) in [5, 5.41) is 2.65. The van der Waals surface area contributed by atoms with Gasteiger partial charge in [-0.3, -0.25) is 4.79 Å². The first-order chi connectivity index (χ1) is 8.63. The number of pyridine rings is 1. The molecule has 0 spiro atoms. The van der Waals surface area contributed by atoms with Crippen molar-refractivity contribution in [2.45, 2.75) is 13.0 Å². The number of likely N-dealkylation sites (N-methyl/N-ethyl adjacent to an activating group) is 1. The molecule has 2 rings (SSSR count). The molecule has 1 unspecified atom stereocenters. The van der Waals surface area contributed by atoms with Gasteiger partial charge in [0.05, 0.1) is 25.1 Å². The van der Waals surface area contributed by atoms with Crippen molar-refractivity contribution in [2.24, 2.45) is 0 Å². The zero-order valence-electron chi connectivity index (χ0n) is 10.6. The van der Waals surface area contributed by atoms with Gasteiger partial charge in [-0.05, 0) is 18.6 Å². The second-order valence-electron chi connectivity index (χ2n) is 4.30. The average Bonchev–Trinajstić information content (AvgIpc) is 2.41. The van der Waals surface area contributed by atoms with E-state index in [0.29, 0.717) is 25.4 Å². The van der Waals surface area contributed by atoms with E-state index in [4.69, 9.17) is 10.5 Å². The quantitative estimate of drug-likeness (QED) is 0.767. The summed E-state index contributed by atoms with van der Waals surface area (Å²) in [5.74, 6) is 0.699. The monoisotopic (exact) mass is 250 g/mol. The highest BCUT2D eigenvalue weighted by atomic mass is 16.5. The third-order valence-electron chi connectivity index (χ3n) is 3.11. The molecule has 18 heavy (non-hydrogen) atoms. The number of ether oxygens (including phenoxy) is 1. The van der Waals surface area contributed by atoms with Gasteiger partial charge in [0.2, 0.25) is 5.91 Å². The van der Waals surface area contributed by atoms with Crippen molar-refractivity contribution in [3.8, 4) is 0 Å². The number of hydrogen-bond donors (Lipinski definition) is 2. The molecule has 1 saturated heterocycles. The average molecular weight is 250 g/mol. The molecule has 6 nitrogen and oxygen atoms in total. The van der Waals surface area contributed by atoms with Gasteiger partial charge in [0, 0.05) is 13.6 Å². The molecule has 1 aromatic rings. The first-order valence-corrected chi connectivity index (χ1v) is 5.91. The second-order valence-corrected chi connectivity index (χ2v) is 4.30. The number of aryl methyl sites for hydroxylation is 1. The lowest BCUT2D eigenvalue weighted by Gasteiger charge is -2.35. The summed E-state index contributed by atoms with van der Waals surface area (Å²) in [6.07, 6.45) is 1.63. The van der Waals surface area contributed by atoms with E-state index in [1.54, 1.807) is 13.2 Å². The Bertz CT molecular complexity index is 450. The SMILES string of the molecule is CNC(=O)C1COCCN1c1cc(C)c(N)cn1. The molecule has 1 aliphatic rings. The molecule has 1 atom stereocenters. The number of carbonyl (C=O) groups excluding carboxylic acids is 1. The molecule has 1 amide bonds. The van der Waals surface area contributed by atoms with E-state index in [0.717, 1.165) is 11.4 Å². The van der Waals surface area contributed by atoms with E-state index in [9.17, 15) is 4.79 Å². The zero-order valence-corrected chi connectivity index (χ0v) is 10.6. The summed E-state index contributed by atoms with van der Waals surface area (Å²) in [6, 6.07) is 1.57. The maximum absolute atomic E-state index is 11.8. The number of rotatable bonds is 2. The minimum Gasteiger partial charge on any atom is -0.397 e. The number of hydrogen-bond acceptors (Lipinski definition) is 5. The number of amides is 1. The highest BCUT2D eigenvalue weighted by molar-refractivity contribution is 5.85. The van der Waals surface area contributed by atoms with Gasteiger partial charge in [0.1, 0.15) is 11.9 Å². The molecule has 1 aliphatic heterocycles. The number of nitrogens with one attached hydrogen (secondary N) is 1. The van der Waals surface area contributed by atoms with Crippen molar-refractivity contribution >= 4 is 17.4 Å². The normalized spacial score (nSPS) is 19.7. The molecule has 0 bridgehead atoms. The highest BCUT2D eigenvalue weighted by Gasteiger charge is 2.29. The molecule has 1 aromatic heterocycles. The third kappa shape index (κ3) is 2.38. The van der Waals surface area contributed by atoms with Crippen molar-refractivity contribution in [1.82, 2.24) is 10.3 Å². The van der Waals surface area contributed by atoms with Crippen LogP contribution in [0.1, 0.15) is 5.56 Å². The van der Waals surface area contributed by atoms with E-state index in [1.807, 2.05) is 17.9 Å². The lowest BCUT2D eigenvalue weighted by molar-refractivity contribution is -0.124. The van der Waals surface area contributed by atoms with Crippen LogP contribution in [0, 0.1) is 6.92 Å². The Labute approximate surface area is 106 Å². The topological polar surface area (TPSA) is 80.5 Å². The van der Waals surface area contributed by atoms with E-state index < -0.39 is 0 Å². The van der Waals surface area contributed by atoms with Crippen molar-refractivity contribution in [1.29, 1.82) is 0 Å². The molecule has 0 aromatic carbocycles. The highest BCUT2D eigenvalue weighted by Crippen LogP contribution is 2.21. The number of carbonyl (C=O) groups is 1. The van der Waals surface area contributed by atoms with Crippen LogP contribution in [0.15, 0.2) is 12.3 Å². The number of anilines is 2. The van der Waals surface area contributed by atoms with Gasteiger partial charge in [-0.2, -0.15) is 0 Å². The number of nitrogen functional groups attached to an aromatic ring is 1. The van der Waals surface area contributed by atoms with Crippen molar-refractivity contribution < 1.29 is 9.53 Å². The van der Waals surface area contributed by atoms with Crippen molar-refractivity contribution in [3.63, 3.8) is 0 Å². The van der Waals surface area contributed by atoms with Gasteiger partial charge in [0.25, 0.3) is 0 Å². The van der Waals surface area contributed by atoms with Crippen LogP contribution in [0.5, 0.6) is 0 Å². The Morgan fingerprint density at radius 1 is 1.67 bits per heavy atom. The number of nitrogens with zero attached hydrogens (tertiary/aromatic N) is 2. The first-order valence-electron chi connectivity index (χ1n) is 5.91. The molecule has 1 fully saturated rings. The molecule has 2 heterocycles. The summed E-state index contributed by atoms with van der Waals surface area (Å²) in [7, 11) is 1.62. The summed E-state index contributed by atoms with van der Waals surface area (Å²) >= 11 is 0. The van der Waals surface area contributed by atoms with Gasteiger partial charge in [-0.25, -0.2) is 4.98 Å². The fraction of sp³-hybridized carbons (Fsp3) is 0.500. The van der Waals surface area contributed by atoms with Crippen LogP contribution < -0.4 is 16.0 Å². The summed E-state index contributed by atoms with van der Waals surface area (Å²) in [4.78, 5) is 18.1. The minimum absolute atomic E-state index is 0.0639. The molecule has 6 heteroatoms. The van der Waals surface area contributed by atoms with Crippen LogP contribution in [0.25, 0.3) is 0 Å². The Morgan fingerprint density at radius 3 is 3.11 bits per heavy atom. The summed E-state index contributed by atoms with van der Waals surface area (Å²) < 4.78 is 5.36. The third-order valence-corrected chi connectivity index (χ3v) is 3.11. The second kappa shape index (κ2) is 5.22. The van der Waals surface area contributed by atoms with E-state index in [2.05, 4.69) is 10.3 Å². The maximum Gasteiger partial charge on any atom is 0.244 e. The lowest BCUT2D eigenvalue weighted by Crippen LogP contribution is -2.53. The van der Waals surface area contributed by atoms with Crippen LogP contribution in [0.4, 0.5) is 11.5 Å². The largest absolute Gasteiger partial charge is 0.397 e. The van der Waals surface area contributed by atoms with Gasteiger partial charge in [-0.1, -0.05) is 0 Å². The standard InChI is InChI=1S/C12H18N4O2/c1-8-5-11(15-6-9(8)13)16-3-4-18-7-10(16)12(17)14-2/h5-6,10H,3-4,7,13H2,1-2H3,(H,14,17). The lowest BCUT2D eigenvalue weighted by atomic mass is 10.2. The van der Waals surface area contributed by atoms with E-state index in [-0.39, 0.29) is 11.9 Å². The number of morpholine rings is 1. The molecular formula is C12H18N4O2. The van der Waals surface area contributed by atoms with Crippen LogP contribution in [0.2, 0.25) is 0 Å². The van der Waals surface area contributed by atoms with Gasteiger partial charge in [-0.15, -0.1) is 0 Å². The smallest absolute Gasteiger partial charge is 0.244 e. The Morgan fingerprint density at radius 2 is 2.44 bits per heavy atom. The van der Waals surface area contributed by atoms with Crippen LogP contribution in [-0.2, 0) is 9.53 Å². The Kier molecular flexibility index (Phi) is 3.66. The molecular weight excluding hydrogens is 232 g/mol. The molecule has 0 aliphatic carbocycles. The van der Waals surface area contributed by atoms with Crippen molar-refractivity contribution in [3.05, 3.63) is 17.8 Å². The van der Waals surface area contributed by atoms with Crippen LogP contribution >= 0.6 is 0 Å². The fourth-order valence-corrected chi connectivity index (χ4v) is 1.97. The zero-order chi connectivity index (χ0) is 13.1. The molecule has 0 radical (unpaired) electrons. The molecule has 0 saturated carbocycles.